The standard InChI is InChI=1S/C40H32N4O/c1-39(2)29-13-5-9-17-33(29)43(34-18-10-6-14-30(34)39)25-21-27-28-22-26(24-42-38(28)45-37(27)41-23-25)44-35-19-11-7-15-31(35)40(3,4)32-16-8-12-20-36(32)44/h5-24H,1-4H3. The van der Waals surface area contributed by atoms with Gasteiger partial charge in [0.15, 0.2) is 0 Å². The maximum Gasteiger partial charge on any atom is 0.229 e. The molecular weight excluding hydrogens is 552 g/mol. The van der Waals surface area contributed by atoms with Crippen molar-refractivity contribution in [2.24, 2.45) is 0 Å². The zero-order valence-electron chi connectivity index (χ0n) is 25.7. The lowest BCUT2D eigenvalue weighted by Crippen LogP contribution is -2.30. The molecule has 218 valence electrons. The van der Waals surface area contributed by atoms with Crippen LogP contribution in [0.5, 0.6) is 0 Å². The number of furan rings is 1. The first-order chi connectivity index (χ1) is 21.8. The Morgan fingerprint density at radius 1 is 0.467 bits per heavy atom. The van der Waals surface area contributed by atoms with Crippen molar-refractivity contribution in [3.8, 4) is 0 Å². The van der Waals surface area contributed by atoms with Crippen molar-refractivity contribution < 1.29 is 4.42 Å². The highest BCUT2D eigenvalue weighted by Gasteiger charge is 2.38. The Labute approximate surface area is 262 Å². The van der Waals surface area contributed by atoms with Crippen molar-refractivity contribution in [2.45, 2.75) is 38.5 Å². The lowest BCUT2D eigenvalue weighted by atomic mass is 9.73. The van der Waals surface area contributed by atoms with Crippen LogP contribution in [0, 0.1) is 0 Å². The van der Waals surface area contributed by atoms with E-state index in [0.717, 1.165) is 44.9 Å². The quantitative estimate of drug-likeness (QED) is 0.202. The molecule has 0 bridgehead atoms. The number of hydrogen-bond donors (Lipinski definition) is 0. The minimum atomic E-state index is -0.127. The monoisotopic (exact) mass is 584 g/mol. The van der Waals surface area contributed by atoms with E-state index in [4.69, 9.17) is 14.4 Å². The summed E-state index contributed by atoms with van der Waals surface area (Å²) in [6.45, 7) is 9.22. The summed E-state index contributed by atoms with van der Waals surface area (Å²) in [6, 6.07) is 39.1. The Kier molecular flexibility index (Phi) is 5.23. The fourth-order valence-electron chi connectivity index (χ4n) is 7.66. The first kappa shape index (κ1) is 26.0. The van der Waals surface area contributed by atoms with Gasteiger partial charge in [-0.1, -0.05) is 100 Å². The molecule has 0 unspecified atom stereocenters. The minimum Gasteiger partial charge on any atom is -0.419 e. The van der Waals surface area contributed by atoms with Gasteiger partial charge in [-0.3, -0.25) is 0 Å². The number of anilines is 6. The largest absolute Gasteiger partial charge is 0.419 e. The molecule has 5 heteroatoms. The van der Waals surface area contributed by atoms with Crippen molar-refractivity contribution in [3.05, 3.63) is 144 Å². The summed E-state index contributed by atoms with van der Waals surface area (Å²) in [6.07, 6.45) is 3.83. The fourth-order valence-corrected chi connectivity index (χ4v) is 7.66. The van der Waals surface area contributed by atoms with Crippen LogP contribution in [0.15, 0.2) is 126 Å². The summed E-state index contributed by atoms with van der Waals surface area (Å²) < 4.78 is 6.22. The molecule has 0 spiro atoms. The Morgan fingerprint density at radius 3 is 1.11 bits per heavy atom. The van der Waals surface area contributed by atoms with Crippen LogP contribution in [0.2, 0.25) is 0 Å². The van der Waals surface area contributed by atoms with Gasteiger partial charge in [0.25, 0.3) is 0 Å². The number of hydrogen-bond acceptors (Lipinski definition) is 5. The normalized spacial score (nSPS) is 15.8. The van der Waals surface area contributed by atoms with Gasteiger partial charge < -0.3 is 14.2 Å². The van der Waals surface area contributed by atoms with Crippen molar-refractivity contribution in [1.29, 1.82) is 0 Å². The molecule has 0 N–H and O–H groups in total. The van der Waals surface area contributed by atoms with Crippen LogP contribution in [0.4, 0.5) is 34.1 Å². The van der Waals surface area contributed by atoms with Crippen LogP contribution in [0.1, 0.15) is 49.9 Å². The van der Waals surface area contributed by atoms with Crippen LogP contribution in [-0.2, 0) is 10.8 Å². The second kappa shape index (κ2) is 9.05. The predicted molar refractivity (Wildman–Crippen MR) is 183 cm³/mol. The molecule has 0 fully saturated rings. The summed E-state index contributed by atoms with van der Waals surface area (Å²) in [5, 5.41) is 1.88. The van der Waals surface area contributed by atoms with E-state index in [2.05, 4.69) is 147 Å². The van der Waals surface area contributed by atoms with Crippen LogP contribution in [0.3, 0.4) is 0 Å². The lowest BCUT2D eigenvalue weighted by Gasteiger charge is -2.41. The van der Waals surface area contributed by atoms with E-state index in [-0.39, 0.29) is 10.8 Å². The predicted octanol–water partition coefficient (Wildman–Crippen LogP) is 10.6. The van der Waals surface area contributed by atoms with E-state index < -0.39 is 0 Å². The molecule has 0 aliphatic carbocycles. The molecule has 0 amide bonds. The molecule has 0 saturated carbocycles. The first-order valence-electron chi connectivity index (χ1n) is 15.5. The summed E-state index contributed by atoms with van der Waals surface area (Å²) >= 11 is 0. The molecule has 7 aromatic rings. The highest BCUT2D eigenvalue weighted by molar-refractivity contribution is 6.06. The average molecular weight is 585 g/mol. The molecule has 0 atom stereocenters. The van der Waals surface area contributed by atoms with Gasteiger partial charge in [-0.25, -0.2) is 9.97 Å². The molecule has 9 rings (SSSR count). The van der Waals surface area contributed by atoms with Crippen molar-refractivity contribution in [3.63, 3.8) is 0 Å². The molecule has 4 aromatic carbocycles. The van der Waals surface area contributed by atoms with Crippen molar-refractivity contribution in [1.82, 2.24) is 9.97 Å². The van der Waals surface area contributed by atoms with Crippen LogP contribution < -0.4 is 9.80 Å². The van der Waals surface area contributed by atoms with Gasteiger partial charge in [0, 0.05) is 10.8 Å². The van der Waals surface area contributed by atoms with E-state index in [1.165, 1.54) is 22.3 Å². The Bertz CT molecular complexity index is 2050. The molecule has 2 aliphatic heterocycles. The zero-order valence-corrected chi connectivity index (χ0v) is 25.7. The molecular formula is C40H32N4O. The van der Waals surface area contributed by atoms with E-state index in [1.807, 2.05) is 12.4 Å². The summed E-state index contributed by atoms with van der Waals surface area (Å²) in [7, 11) is 0. The molecule has 2 aliphatic rings. The molecule has 5 nitrogen and oxygen atoms in total. The van der Waals surface area contributed by atoms with Gasteiger partial charge in [0.05, 0.1) is 57.3 Å². The second-order valence-corrected chi connectivity index (χ2v) is 13.2. The molecule has 5 heterocycles. The van der Waals surface area contributed by atoms with Gasteiger partial charge in [-0.05, 0) is 58.7 Å². The van der Waals surface area contributed by atoms with Gasteiger partial charge in [-0.2, -0.15) is 0 Å². The van der Waals surface area contributed by atoms with Crippen LogP contribution in [0.25, 0.3) is 22.2 Å². The maximum absolute atomic E-state index is 6.22. The number of nitrogens with zero attached hydrogens (tertiary/aromatic N) is 4. The number of para-hydroxylation sites is 4. The zero-order chi connectivity index (χ0) is 30.5. The van der Waals surface area contributed by atoms with Crippen molar-refractivity contribution in [2.75, 3.05) is 9.80 Å². The van der Waals surface area contributed by atoms with Gasteiger partial charge in [0.1, 0.15) is 0 Å². The van der Waals surface area contributed by atoms with Crippen molar-refractivity contribution >= 4 is 56.3 Å². The number of aromatic nitrogens is 2. The average Bonchev–Trinajstić information content (AvgIpc) is 3.43. The molecule has 0 saturated heterocycles. The maximum atomic E-state index is 6.22. The lowest BCUT2D eigenvalue weighted by molar-refractivity contribution is 0.631. The third kappa shape index (κ3) is 3.55. The van der Waals surface area contributed by atoms with Gasteiger partial charge >= 0.3 is 0 Å². The number of rotatable bonds is 2. The molecule has 3 aromatic heterocycles. The SMILES string of the molecule is CC1(C)c2ccccc2N(c2cnc3oc4ncc(N5c6ccccc6C(C)(C)c6ccccc65)cc4c3c2)c2ccccc21. The Morgan fingerprint density at radius 2 is 0.778 bits per heavy atom. The minimum absolute atomic E-state index is 0.127. The highest BCUT2D eigenvalue weighted by atomic mass is 16.3. The third-order valence-electron chi connectivity index (χ3n) is 9.95. The highest BCUT2D eigenvalue weighted by Crippen LogP contribution is 2.53. The second-order valence-electron chi connectivity index (χ2n) is 13.2. The fraction of sp³-hybridized carbons (Fsp3) is 0.150. The van der Waals surface area contributed by atoms with E-state index in [0.29, 0.717) is 11.4 Å². The van der Waals surface area contributed by atoms with E-state index in [9.17, 15) is 0 Å². The van der Waals surface area contributed by atoms with Gasteiger partial charge in [0.2, 0.25) is 11.4 Å². The van der Waals surface area contributed by atoms with Crippen LogP contribution in [-0.4, -0.2) is 9.97 Å². The van der Waals surface area contributed by atoms with Crippen LogP contribution >= 0.6 is 0 Å². The molecule has 0 radical (unpaired) electrons. The summed E-state index contributed by atoms with van der Waals surface area (Å²) in [5.41, 5.74) is 12.7. The number of fused-ring (bicyclic) bond motifs is 7. The topological polar surface area (TPSA) is 45.4 Å². The summed E-state index contributed by atoms with van der Waals surface area (Å²) in [4.78, 5) is 14.4. The molecule has 45 heavy (non-hydrogen) atoms. The third-order valence-corrected chi connectivity index (χ3v) is 9.95. The number of benzene rings is 4. The smallest absolute Gasteiger partial charge is 0.229 e. The van der Waals surface area contributed by atoms with E-state index >= 15 is 0 Å². The Balaban J connectivity index is 1.25. The summed E-state index contributed by atoms with van der Waals surface area (Å²) in [5.74, 6) is 0. The van der Waals surface area contributed by atoms with E-state index in [1.54, 1.807) is 0 Å². The Hall–Kier alpha value is -5.42. The first-order valence-corrected chi connectivity index (χ1v) is 15.5. The van der Waals surface area contributed by atoms with Gasteiger partial charge in [-0.15, -0.1) is 0 Å². The number of pyridine rings is 2.